The van der Waals surface area contributed by atoms with E-state index in [1.807, 2.05) is 6.92 Å². The molecule has 8 heteroatoms. The highest BCUT2D eigenvalue weighted by Gasteiger charge is 2.34. The smallest absolute Gasteiger partial charge is 0.263 e. The minimum atomic E-state index is -2.83. The number of thiazole rings is 1. The molecule has 0 aliphatic carbocycles. The van der Waals surface area contributed by atoms with Crippen molar-refractivity contribution in [1.82, 2.24) is 15.2 Å². The highest BCUT2D eigenvalue weighted by molar-refractivity contribution is 7.91. The van der Waals surface area contributed by atoms with Gasteiger partial charge < -0.3 is 5.32 Å². The predicted molar refractivity (Wildman–Crippen MR) is 86.0 cm³/mol. The molecule has 0 unspecified atom stereocenters. The lowest BCUT2D eigenvalue weighted by Gasteiger charge is -2.35. The number of nitrogens with zero attached hydrogens (tertiary/aromatic N) is 2. The molecule has 1 N–H and O–H groups in total. The van der Waals surface area contributed by atoms with Crippen LogP contribution in [0.15, 0.2) is 5.51 Å². The topological polar surface area (TPSA) is 79.4 Å². The van der Waals surface area contributed by atoms with E-state index in [2.05, 4.69) is 15.2 Å². The molecule has 122 valence electrons. The van der Waals surface area contributed by atoms with E-state index in [0.29, 0.717) is 16.4 Å². The molecule has 1 atom stereocenters. The van der Waals surface area contributed by atoms with Crippen LogP contribution in [0.4, 0.5) is 0 Å². The highest BCUT2D eigenvalue weighted by atomic mass is 32.2. The average molecular weight is 343 g/mol. The van der Waals surface area contributed by atoms with Gasteiger partial charge in [0.15, 0.2) is 9.84 Å². The lowest BCUT2D eigenvalue weighted by molar-refractivity contribution is 0.0901. The number of amides is 1. The minimum absolute atomic E-state index is 0.0399. The molecule has 0 aromatic carbocycles. The van der Waals surface area contributed by atoms with Gasteiger partial charge in [-0.15, -0.1) is 11.3 Å². The van der Waals surface area contributed by atoms with E-state index in [1.54, 1.807) is 5.51 Å². The standard InChI is InChI=1S/C14H21N3O3S2/c1-10-13(21-9-15-10)14(18)16-11-2-5-17(6-3-11)12-4-7-22(19,20)8-12/h9,11-12H,2-8H2,1H3,(H,16,18)/t12-/m1/s1. The van der Waals surface area contributed by atoms with Gasteiger partial charge in [0.2, 0.25) is 0 Å². The van der Waals surface area contributed by atoms with Crippen LogP contribution in [-0.2, 0) is 9.84 Å². The molecule has 1 amide bonds. The maximum atomic E-state index is 12.2. The monoisotopic (exact) mass is 343 g/mol. The van der Waals surface area contributed by atoms with Crippen LogP contribution >= 0.6 is 11.3 Å². The number of carbonyl (C=O) groups excluding carboxylic acids is 1. The molecule has 2 fully saturated rings. The lowest BCUT2D eigenvalue weighted by atomic mass is 10.0. The third kappa shape index (κ3) is 3.49. The summed E-state index contributed by atoms with van der Waals surface area (Å²) in [6.45, 7) is 3.55. The number of carbonyl (C=O) groups is 1. The summed E-state index contributed by atoms with van der Waals surface area (Å²) in [6.07, 6.45) is 2.50. The number of hydrogen-bond donors (Lipinski definition) is 1. The second-order valence-electron chi connectivity index (χ2n) is 6.11. The van der Waals surface area contributed by atoms with Crippen molar-refractivity contribution in [1.29, 1.82) is 0 Å². The van der Waals surface area contributed by atoms with Crippen LogP contribution in [0.5, 0.6) is 0 Å². The second kappa shape index (κ2) is 6.25. The Kier molecular flexibility index (Phi) is 4.52. The van der Waals surface area contributed by atoms with Crippen LogP contribution in [0.3, 0.4) is 0 Å². The highest BCUT2D eigenvalue weighted by Crippen LogP contribution is 2.22. The van der Waals surface area contributed by atoms with Crippen LogP contribution in [0.25, 0.3) is 0 Å². The van der Waals surface area contributed by atoms with E-state index in [1.165, 1.54) is 11.3 Å². The fourth-order valence-corrected chi connectivity index (χ4v) is 5.71. The number of piperidine rings is 1. The van der Waals surface area contributed by atoms with E-state index in [-0.39, 0.29) is 18.0 Å². The van der Waals surface area contributed by atoms with Gasteiger partial charge in [-0.3, -0.25) is 9.69 Å². The maximum absolute atomic E-state index is 12.2. The minimum Gasteiger partial charge on any atom is -0.348 e. The van der Waals surface area contributed by atoms with Crippen molar-refractivity contribution in [2.45, 2.75) is 38.3 Å². The Labute approximate surface area is 134 Å². The third-order valence-corrected chi connectivity index (χ3v) is 7.22. The second-order valence-corrected chi connectivity index (χ2v) is 9.19. The number of rotatable bonds is 3. The van der Waals surface area contributed by atoms with Crippen LogP contribution in [0.1, 0.15) is 34.6 Å². The van der Waals surface area contributed by atoms with Gasteiger partial charge in [0.25, 0.3) is 5.91 Å². The molecule has 0 bridgehead atoms. The molecule has 3 rings (SSSR count). The third-order valence-electron chi connectivity index (χ3n) is 4.54. The summed E-state index contributed by atoms with van der Waals surface area (Å²) in [5.41, 5.74) is 2.46. The van der Waals surface area contributed by atoms with Crippen LogP contribution in [-0.4, -0.2) is 60.9 Å². The van der Waals surface area contributed by atoms with Crippen LogP contribution < -0.4 is 5.32 Å². The first kappa shape index (κ1) is 15.9. The fourth-order valence-electron chi connectivity index (χ4n) is 3.24. The van der Waals surface area contributed by atoms with Gasteiger partial charge in [-0.25, -0.2) is 13.4 Å². The van der Waals surface area contributed by atoms with Gasteiger partial charge in [0.1, 0.15) is 4.88 Å². The van der Waals surface area contributed by atoms with E-state index in [0.717, 1.165) is 38.0 Å². The van der Waals surface area contributed by atoms with Crippen molar-refractivity contribution < 1.29 is 13.2 Å². The van der Waals surface area contributed by atoms with E-state index in [4.69, 9.17) is 0 Å². The number of hydrogen-bond acceptors (Lipinski definition) is 6. The van der Waals surface area contributed by atoms with Gasteiger partial charge in [-0.2, -0.15) is 0 Å². The van der Waals surface area contributed by atoms with Crippen LogP contribution in [0, 0.1) is 6.92 Å². The first-order valence-corrected chi connectivity index (χ1v) is 10.3. The predicted octanol–water partition coefficient (Wildman–Crippen LogP) is 0.833. The van der Waals surface area contributed by atoms with Gasteiger partial charge >= 0.3 is 0 Å². The summed E-state index contributed by atoms with van der Waals surface area (Å²) in [5, 5.41) is 3.08. The summed E-state index contributed by atoms with van der Waals surface area (Å²) in [4.78, 5) is 19.2. The molecule has 2 saturated heterocycles. The number of aromatic nitrogens is 1. The summed E-state index contributed by atoms with van der Waals surface area (Å²) >= 11 is 1.37. The van der Waals surface area contributed by atoms with Crippen molar-refractivity contribution >= 4 is 27.1 Å². The van der Waals surface area contributed by atoms with Gasteiger partial charge in [-0.05, 0) is 26.2 Å². The van der Waals surface area contributed by atoms with E-state index < -0.39 is 9.84 Å². The molecule has 0 saturated carbocycles. The van der Waals surface area contributed by atoms with E-state index >= 15 is 0 Å². The number of sulfone groups is 1. The first-order chi connectivity index (χ1) is 10.4. The molecule has 0 radical (unpaired) electrons. The molecule has 6 nitrogen and oxygen atoms in total. The number of aryl methyl sites for hydroxylation is 1. The molecule has 1 aromatic heterocycles. The molecule has 2 aliphatic heterocycles. The summed E-state index contributed by atoms with van der Waals surface area (Å²) in [7, 11) is -2.83. The van der Waals surface area contributed by atoms with Crippen LogP contribution in [0.2, 0.25) is 0 Å². The van der Waals surface area contributed by atoms with Crippen molar-refractivity contribution in [3.05, 3.63) is 16.1 Å². The number of nitrogens with one attached hydrogen (secondary N) is 1. The Balaban J connectivity index is 1.50. The first-order valence-electron chi connectivity index (χ1n) is 7.60. The summed E-state index contributed by atoms with van der Waals surface area (Å²) in [6, 6.07) is 0.341. The van der Waals surface area contributed by atoms with Gasteiger partial charge in [-0.1, -0.05) is 0 Å². The quantitative estimate of drug-likeness (QED) is 0.879. The van der Waals surface area contributed by atoms with Crippen molar-refractivity contribution in [3.8, 4) is 0 Å². The largest absolute Gasteiger partial charge is 0.348 e. The lowest BCUT2D eigenvalue weighted by Crippen LogP contribution is -2.48. The van der Waals surface area contributed by atoms with Crippen molar-refractivity contribution in [2.24, 2.45) is 0 Å². The summed E-state index contributed by atoms with van der Waals surface area (Å²) in [5.74, 6) is 0.574. The van der Waals surface area contributed by atoms with Crippen molar-refractivity contribution in [3.63, 3.8) is 0 Å². The Morgan fingerprint density at radius 2 is 2.09 bits per heavy atom. The Morgan fingerprint density at radius 1 is 1.36 bits per heavy atom. The Bertz CT molecular complexity index is 648. The van der Waals surface area contributed by atoms with Gasteiger partial charge in [0, 0.05) is 25.2 Å². The maximum Gasteiger partial charge on any atom is 0.263 e. The zero-order chi connectivity index (χ0) is 15.7. The molecule has 1 aromatic rings. The van der Waals surface area contributed by atoms with Gasteiger partial charge in [0.05, 0.1) is 22.7 Å². The molecule has 22 heavy (non-hydrogen) atoms. The van der Waals surface area contributed by atoms with Crippen molar-refractivity contribution in [2.75, 3.05) is 24.6 Å². The zero-order valence-electron chi connectivity index (χ0n) is 12.6. The normalized spacial score (nSPS) is 26.1. The Morgan fingerprint density at radius 3 is 2.64 bits per heavy atom. The SMILES string of the molecule is Cc1ncsc1C(=O)NC1CCN([C@@H]2CCS(=O)(=O)C2)CC1. The number of likely N-dealkylation sites (tertiary alicyclic amines) is 1. The molecular formula is C14H21N3O3S2. The molecule has 0 spiro atoms. The summed E-state index contributed by atoms with van der Waals surface area (Å²) < 4.78 is 23.1. The molecule has 2 aliphatic rings. The fraction of sp³-hybridized carbons (Fsp3) is 0.714. The zero-order valence-corrected chi connectivity index (χ0v) is 14.3. The average Bonchev–Trinajstić information content (AvgIpc) is 3.05. The Hall–Kier alpha value is -0.990. The van der Waals surface area contributed by atoms with E-state index in [9.17, 15) is 13.2 Å². The molecule has 3 heterocycles. The molecular weight excluding hydrogens is 322 g/mol.